The Hall–Kier alpha value is -0.480. The third kappa shape index (κ3) is 2.17. The summed E-state index contributed by atoms with van der Waals surface area (Å²) < 4.78 is 0. The summed E-state index contributed by atoms with van der Waals surface area (Å²) in [5.41, 5.74) is 1.52. The van der Waals surface area contributed by atoms with Gasteiger partial charge in [0.2, 0.25) is 0 Å². The normalized spacial score (nSPS) is 33.5. The molecule has 0 spiro atoms. The maximum absolute atomic E-state index is 11.2. The van der Waals surface area contributed by atoms with E-state index in [4.69, 9.17) is 0 Å². The lowest BCUT2D eigenvalue weighted by atomic mass is 9.70. The predicted molar refractivity (Wildman–Crippen MR) is 93.2 cm³/mol. The Balaban J connectivity index is 1.62. The fraction of sp³-hybridized carbons (Fsp3) is 0.833. The molecule has 0 radical (unpaired) electrons. The highest BCUT2D eigenvalue weighted by Crippen LogP contribution is 2.52. The largest absolute Gasteiger partial charge is 0.392 e. The van der Waals surface area contributed by atoms with E-state index >= 15 is 0 Å². The highest BCUT2D eigenvalue weighted by molar-refractivity contribution is 8.03. The molecule has 22 heavy (non-hydrogen) atoms. The third-order valence-electron chi connectivity index (χ3n) is 6.31. The zero-order chi connectivity index (χ0) is 15.3. The van der Waals surface area contributed by atoms with Crippen molar-refractivity contribution in [3.05, 3.63) is 10.5 Å². The second kappa shape index (κ2) is 5.55. The number of thioether (sulfide) groups is 1. The zero-order valence-corrected chi connectivity index (χ0v) is 14.6. The van der Waals surface area contributed by atoms with Crippen molar-refractivity contribution in [1.82, 2.24) is 4.90 Å². The standard InChI is InChI=1S/C18H28N2OS/c1-18(2,17(21)12-6-4-3-5-7-12)16-15-13(8-9-22-15)14-10-19-11-20(14)16/h11-12,14,16-17,21H,3-10H2,1-2H3/t14?,16?,17-/m1/s1. The van der Waals surface area contributed by atoms with Crippen LogP contribution in [0.15, 0.2) is 15.5 Å². The lowest BCUT2D eigenvalue weighted by Crippen LogP contribution is -2.52. The molecule has 4 heteroatoms. The molecule has 0 amide bonds. The highest BCUT2D eigenvalue weighted by atomic mass is 32.2. The number of hydrogen-bond donors (Lipinski definition) is 1. The van der Waals surface area contributed by atoms with Gasteiger partial charge in [0.05, 0.1) is 31.1 Å². The SMILES string of the molecule is CC(C)(C1C2=C(CCS2)C2CN=CN21)[C@H](O)C1CCCCC1. The smallest absolute Gasteiger partial charge is 0.0862 e. The van der Waals surface area contributed by atoms with Gasteiger partial charge in [-0.25, -0.2) is 0 Å². The molecule has 0 bridgehead atoms. The molecule has 4 rings (SSSR count). The van der Waals surface area contributed by atoms with Gasteiger partial charge in [-0.2, -0.15) is 0 Å². The zero-order valence-electron chi connectivity index (χ0n) is 13.8. The Morgan fingerprint density at radius 3 is 2.86 bits per heavy atom. The molecule has 0 aromatic heterocycles. The number of hydrogen-bond acceptors (Lipinski definition) is 4. The van der Waals surface area contributed by atoms with Crippen LogP contribution in [0.5, 0.6) is 0 Å². The van der Waals surface area contributed by atoms with Gasteiger partial charge in [0.25, 0.3) is 0 Å². The summed E-state index contributed by atoms with van der Waals surface area (Å²) >= 11 is 2.03. The topological polar surface area (TPSA) is 35.8 Å². The van der Waals surface area contributed by atoms with Crippen LogP contribution in [0.1, 0.15) is 52.4 Å². The van der Waals surface area contributed by atoms with Crippen molar-refractivity contribution in [3.8, 4) is 0 Å². The first kappa shape index (κ1) is 15.1. The Kier molecular flexibility index (Phi) is 3.80. The van der Waals surface area contributed by atoms with Crippen LogP contribution in [-0.2, 0) is 0 Å². The van der Waals surface area contributed by atoms with Gasteiger partial charge in [-0.3, -0.25) is 4.99 Å². The second-order valence-corrected chi connectivity index (χ2v) is 9.14. The molecule has 4 aliphatic rings. The third-order valence-corrected chi connectivity index (χ3v) is 7.52. The average Bonchev–Trinajstić information content (AvgIpc) is 3.19. The van der Waals surface area contributed by atoms with Gasteiger partial charge in [-0.15, -0.1) is 11.8 Å². The van der Waals surface area contributed by atoms with Crippen LogP contribution in [0, 0.1) is 11.3 Å². The molecule has 0 saturated heterocycles. The van der Waals surface area contributed by atoms with E-state index in [-0.39, 0.29) is 11.5 Å². The monoisotopic (exact) mass is 320 g/mol. The Morgan fingerprint density at radius 1 is 1.32 bits per heavy atom. The van der Waals surface area contributed by atoms with Gasteiger partial charge >= 0.3 is 0 Å². The Morgan fingerprint density at radius 2 is 2.09 bits per heavy atom. The van der Waals surface area contributed by atoms with Crippen molar-refractivity contribution in [1.29, 1.82) is 0 Å². The fourth-order valence-corrected chi connectivity index (χ4v) is 6.65. The number of rotatable bonds is 3. The van der Waals surface area contributed by atoms with E-state index in [1.807, 2.05) is 11.8 Å². The number of nitrogens with zero attached hydrogens (tertiary/aromatic N) is 2. The summed E-state index contributed by atoms with van der Waals surface area (Å²) in [4.78, 5) is 8.57. The molecular weight excluding hydrogens is 292 g/mol. The summed E-state index contributed by atoms with van der Waals surface area (Å²) in [5.74, 6) is 1.71. The quantitative estimate of drug-likeness (QED) is 0.865. The van der Waals surface area contributed by atoms with Gasteiger partial charge < -0.3 is 10.0 Å². The van der Waals surface area contributed by atoms with Gasteiger partial charge in [-0.1, -0.05) is 33.1 Å². The fourth-order valence-electron chi connectivity index (χ4n) is 5.10. The van der Waals surface area contributed by atoms with Crippen molar-refractivity contribution < 1.29 is 5.11 Å². The summed E-state index contributed by atoms with van der Waals surface area (Å²) in [6.07, 6.45) is 9.40. The molecule has 1 aliphatic carbocycles. The van der Waals surface area contributed by atoms with Crippen molar-refractivity contribution in [3.63, 3.8) is 0 Å². The van der Waals surface area contributed by atoms with E-state index < -0.39 is 0 Å². The maximum atomic E-state index is 11.2. The van der Waals surface area contributed by atoms with Crippen LogP contribution in [0.2, 0.25) is 0 Å². The highest BCUT2D eigenvalue weighted by Gasteiger charge is 2.52. The molecule has 3 heterocycles. The van der Waals surface area contributed by atoms with Crippen molar-refractivity contribution >= 4 is 18.1 Å². The molecular formula is C18H28N2OS. The summed E-state index contributed by atoms with van der Waals surface area (Å²) in [6.45, 7) is 5.50. The van der Waals surface area contributed by atoms with Gasteiger partial charge in [0.15, 0.2) is 0 Å². The van der Waals surface area contributed by atoms with Crippen molar-refractivity contribution in [2.75, 3.05) is 12.3 Å². The lowest BCUT2D eigenvalue weighted by molar-refractivity contribution is -0.0363. The van der Waals surface area contributed by atoms with E-state index in [2.05, 4.69) is 30.1 Å². The van der Waals surface area contributed by atoms with Crippen LogP contribution in [0.3, 0.4) is 0 Å². The molecule has 1 saturated carbocycles. The van der Waals surface area contributed by atoms with Crippen LogP contribution in [-0.4, -0.2) is 46.8 Å². The minimum Gasteiger partial charge on any atom is -0.392 e. The van der Waals surface area contributed by atoms with E-state index in [0.717, 1.165) is 6.54 Å². The van der Waals surface area contributed by atoms with E-state index in [9.17, 15) is 5.11 Å². The first-order valence-electron chi connectivity index (χ1n) is 8.92. The Bertz CT molecular complexity index is 507. The maximum Gasteiger partial charge on any atom is 0.0862 e. The van der Waals surface area contributed by atoms with Gasteiger partial charge in [-0.05, 0) is 30.8 Å². The van der Waals surface area contributed by atoms with Crippen LogP contribution in [0.4, 0.5) is 0 Å². The van der Waals surface area contributed by atoms with Crippen molar-refractivity contribution in [2.45, 2.75) is 70.6 Å². The summed E-state index contributed by atoms with van der Waals surface area (Å²) in [6, 6.07) is 0.830. The second-order valence-electron chi connectivity index (χ2n) is 8.00. The van der Waals surface area contributed by atoms with E-state index in [1.54, 1.807) is 10.5 Å². The van der Waals surface area contributed by atoms with Crippen molar-refractivity contribution in [2.24, 2.45) is 16.3 Å². The van der Waals surface area contributed by atoms with Crippen LogP contribution < -0.4 is 0 Å². The molecule has 122 valence electrons. The number of aliphatic imine (C=N–C) groups is 1. The van der Waals surface area contributed by atoms with Gasteiger partial charge in [0.1, 0.15) is 0 Å². The number of fused-ring (bicyclic) bond motifs is 2. The molecule has 1 N–H and O–H groups in total. The predicted octanol–water partition coefficient (Wildman–Crippen LogP) is 3.44. The molecule has 2 unspecified atom stereocenters. The molecule has 3 nitrogen and oxygen atoms in total. The summed E-state index contributed by atoms with van der Waals surface area (Å²) in [5, 5.41) is 11.2. The number of aliphatic hydroxyl groups is 1. The van der Waals surface area contributed by atoms with E-state index in [0.29, 0.717) is 18.0 Å². The van der Waals surface area contributed by atoms with E-state index in [1.165, 1.54) is 44.3 Å². The van der Waals surface area contributed by atoms with Crippen LogP contribution in [0.25, 0.3) is 0 Å². The lowest BCUT2D eigenvalue weighted by Gasteiger charge is -2.45. The number of aliphatic hydroxyl groups excluding tert-OH is 1. The summed E-state index contributed by atoms with van der Waals surface area (Å²) in [7, 11) is 0. The van der Waals surface area contributed by atoms with Gasteiger partial charge in [0, 0.05) is 16.1 Å². The average molecular weight is 321 g/mol. The molecule has 0 aromatic rings. The Labute approximate surface area is 138 Å². The first-order valence-corrected chi connectivity index (χ1v) is 9.90. The molecule has 1 fully saturated rings. The molecule has 0 aromatic carbocycles. The minimum absolute atomic E-state index is 0.106. The van der Waals surface area contributed by atoms with Crippen LogP contribution >= 0.6 is 11.8 Å². The minimum atomic E-state index is -0.208. The molecule has 3 aliphatic heterocycles. The first-order chi connectivity index (χ1) is 10.6. The molecule has 3 atom stereocenters.